The molecular weight excluding hydrogens is 821 g/mol. The quantitative estimate of drug-likeness (QED) is 0.0679. The molecule has 64 heavy (non-hydrogen) atoms. The van der Waals surface area contributed by atoms with Gasteiger partial charge in [0, 0.05) is 13.0 Å². The van der Waals surface area contributed by atoms with Gasteiger partial charge in [0.15, 0.2) is 5.78 Å². The van der Waals surface area contributed by atoms with E-state index in [1.165, 1.54) is 0 Å². The molecule has 2 fully saturated rings. The van der Waals surface area contributed by atoms with Gasteiger partial charge in [-0.05, 0) is 97.1 Å². The molecule has 338 valence electrons. The monoisotopic (exact) mass is 884 g/mol. The van der Waals surface area contributed by atoms with Crippen molar-refractivity contribution in [3.8, 4) is 5.75 Å². The molecule has 4 amide bonds. The van der Waals surface area contributed by atoms with Crippen LogP contribution in [-0.2, 0) is 41.4 Å². The minimum absolute atomic E-state index is 0.163. The third-order valence-electron chi connectivity index (χ3n) is 12.6. The van der Waals surface area contributed by atoms with Crippen LogP contribution in [0.4, 0.5) is 0 Å². The lowest BCUT2D eigenvalue weighted by Gasteiger charge is -2.44. The van der Waals surface area contributed by atoms with Crippen LogP contribution in [0, 0.1) is 0 Å². The number of amides is 4. The average Bonchev–Trinajstić information content (AvgIpc) is 3.80. The van der Waals surface area contributed by atoms with Crippen molar-refractivity contribution in [1.29, 1.82) is 0 Å². The molecule has 3 N–H and O–H groups in total. The van der Waals surface area contributed by atoms with E-state index in [-0.39, 0.29) is 36.0 Å². The highest BCUT2D eigenvalue weighted by Gasteiger charge is 2.51. The second kappa shape index (κ2) is 21.2. The molecule has 0 saturated carbocycles. The van der Waals surface area contributed by atoms with Crippen molar-refractivity contribution in [1.82, 2.24) is 20.9 Å². The molecule has 2 saturated heterocycles. The molecule has 2 aliphatic rings. The molecule has 11 nitrogen and oxygen atoms in total. The maximum absolute atomic E-state index is 14.3. The number of ketones is 1. The Bertz CT molecular complexity index is 2210. The molecular formula is C52H64N4O7Si. The average molecular weight is 885 g/mol. The lowest BCUT2D eigenvalue weighted by Crippen LogP contribution is -2.68. The highest BCUT2D eigenvalue weighted by atomic mass is 28.4. The van der Waals surface area contributed by atoms with Gasteiger partial charge in [0.25, 0.3) is 8.32 Å². The number of hydrogen-bond donors (Lipinski definition) is 3. The number of hydrogen-bond acceptors (Lipinski definition) is 7. The summed E-state index contributed by atoms with van der Waals surface area (Å²) in [7, 11) is -2.96. The molecule has 2 heterocycles. The van der Waals surface area contributed by atoms with E-state index in [1.54, 1.807) is 37.8 Å². The van der Waals surface area contributed by atoms with Gasteiger partial charge in [-0.3, -0.25) is 24.0 Å². The van der Waals surface area contributed by atoms with Crippen LogP contribution < -0.4 is 31.1 Å². The van der Waals surface area contributed by atoms with Gasteiger partial charge in [-0.1, -0.05) is 137 Å². The standard InChI is InChI=1S/C52H64N4O7Si/c1-7-52(6)50(61)54-44(35-38-30-32-40(33-31-38)62-36-39-21-12-8-13-22-39)49(60)56-34-20-28-45(56)48(59)53-43(47(58)55-52)27-18-11-19-29-46(57)37(2)63-64(51(3,4)5,41-23-14-9-15-24-41)42-25-16-10-17-26-42/h8-10,12-17,19,21-26,29-33,37,43-45H,7,11,18,20,27-28,34-36H2,1-6H3,(H,53,59)(H,54,61)(H,55,58)/b29-19+/t37-,43+,44+,45-,52+/m1/s1. The summed E-state index contributed by atoms with van der Waals surface area (Å²) >= 11 is 0. The van der Waals surface area contributed by atoms with E-state index in [9.17, 15) is 24.0 Å². The van der Waals surface area contributed by atoms with Crippen LogP contribution in [0.1, 0.15) is 91.2 Å². The Labute approximate surface area is 379 Å². The summed E-state index contributed by atoms with van der Waals surface area (Å²) < 4.78 is 12.9. The van der Waals surface area contributed by atoms with Gasteiger partial charge in [-0.2, -0.15) is 0 Å². The molecule has 4 aromatic carbocycles. The van der Waals surface area contributed by atoms with E-state index in [0.717, 1.165) is 21.5 Å². The summed E-state index contributed by atoms with van der Waals surface area (Å²) in [6, 6.07) is 34.9. The molecule has 4 aromatic rings. The van der Waals surface area contributed by atoms with Crippen LogP contribution in [0.25, 0.3) is 0 Å². The number of allylic oxidation sites excluding steroid dienone is 1. The minimum atomic E-state index is -2.96. The first-order valence-corrected chi connectivity index (χ1v) is 24.5. The number of carbonyl (C=O) groups is 5. The predicted octanol–water partition coefficient (Wildman–Crippen LogP) is 6.33. The Balaban J connectivity index is 1.11. The van der Waals surface area contributed by atoms with Crippen molar-refractivity contribution >= 4 is 48.1 Å². The van der Waals surface area contributed by atoms with Crippen LogP contribution in [0.5, 0.6) is 5.75 Å². The molecule has 6 rings (SSSR count). The van der Waals surface area contributed by atoms with Crippen molar-refractivity contribution < 1.29 is 33.1 Å². The van der Waals surface area contributed by atoms with Gasteiger partial charge in [-0.15, -0.1) is 0 Å². The third kappa shape index (κ3) is 11.3. The Morgan fingerprint density at radius 3 is 2.03 bits per heavy atom. The lowest BCUT2D eigenvalue weighted by molar-refractivity contribution is -0.144. The first kappa shape index (κ1) is 47.6. The zero-order valence-electron chi connectivity index (χ0n) is 38.1. The van der Waals surface area contributed by atoms with Crippen LogP contribution in [-0.4, -0.2) is 78.9 Å². The van der Waals surface area contributed by atoms with Crippen molar-refractivity contribution in [2.75, 3.05) is 6.54 Å². The SMILES string of the molecule is CC[C@]1(C)NC(=O)[C@H](CCC/C=C/C(=O)[C@@H](C)O[Si](c2ccccc2)(c2ccccc2)C(C)(C)C)NC(=O)[C@H]2CCCN2C(=O)[C@H](Cc2ccc(OCc3ccccc3)cc2)NC1=O. The first-order valence-electron chi connectivity index (χ1n) is 22.6. The van der Waals surface area contributed by atoms with Crippen LogP contribution >= 0.6 is 0 Å². The van der Waals surface area contributed by atoms with Crippen molar-refractivity contribution in [3.63, 3.8) is 0 Å². The fourth-order valence-electron chi connectivity index (χ4n) is 8.71. The van der Waals surface area contributed by atoms with E-state index in [0.29, 0.717) is 44.6 Å². The van der Waals surface area contributed by atoms with E-state index in [2.05, 4.69) is 61.0 Å². The highest BCUT2D eigenvalue weighted by Crippen LogP contribution is 2.37. The van der Waals surface area contributed by atoms with Gasteiger partial charge < -0.3 is 30.0 Å². The summed E-state index contributed by atoms with van der Waals surface area (Å²) in [6.45, 7) is 12.5. The number of benzene rings is 4. The number of unbranched alkanes of at least 4 members (excludes halogenated alkanes) is 1. The van der Waals surface area contributed by atoms with Gasteiger partial charge in [0.05, 0.1) is 0 Å². The molecule has 2 aliphatic heterocycles. The van der Waals surface area contributed by atoms with E-state index in [4.69, 9.17) is 9.16 Å². The fourth-order valence-corrected chi connectivity index (χ4v) is 13.4. The summed E-state index contributed by atoms with van der Waals surface area (Å²) in [5.41, 5.74) is 0.474. The lowest BCUT2D eigenvalue weighted by atomic mass is 9.94. The molecule has 0 spiro atoms. The highest BCUT2D eigenvalue weighted by molar-refractivity contribution is 6.99. The number of rotatable bonds is 16. The summed E-state index contributed by atoms with van der Waals surface area (Å²) in [5, 5.41) is 10.7. The largest absolute Gasteiger partial charge is 0.489 e. The maximum Gasteiger partial charge on any atom is 0.262 e. The number of carbonyl (C=O) groups excluding carboxylic acids is 5. The third-order valence-corrected chi connectivity index (χ3v) is 17.7. The zero-order chi connectivity index (χ0) is 45.9. The molecule has 0 aliphatic carbocycles. The van der Waals surface area contributed by atoms with E-state index in [1.807, 2.05) is 91.0 Å². The topological polar surface area (TPSA) is 143 Å². The normalized spacial score (nSPS) is 21.5. The molecule has 12 heteroatoms. The number of nitrogens with zero attached hydrogens (tertiary/aromatic N) is 1. The van der Waals surface area contributed by atoms with Gasteiger partial charge in [-0.25, -0.2) is 0 Å². The second-order valence-corrected chi connectivity index (χ2v) is 22.5. The smallest absolute Gasteiger partial charge is 0.262 e. The Kier molecular flexibility index (Phi) is 15.8. The van der Waals surface area contributed by atoms with Gasteiger partial charge >= 0.3 is 0 Å². The van der Waals surface area contributed by atoms with Crippen molar-refractivity contribution in [2.24, 2.45) is 0 Å². The molecule has 0 radical (unpaired) electrons. The van der Waals surface area contributed by atoms with Crippen molar-refractivity contribution in [2.45, 2.75) is 128 Å². The van der Waals surface area contributed by atoms with Gasteiger partial charge in [0.1, 0.15) is 42.1 Å². The fraction of sp³-hybridized carbons (Fsp3) is 0.404. The Morgan fingerprint density at radius 1 is 0.828 bits per heavy atom. The Hall–Kier alpha value is -5.85. The van der Waals surface area contributed by atoms with E-state index < -0.39 is 55.8 Å². The van der Waals surface area contributed by atoms with Crippen LogP contribution in [0.3, 0.4) is 0 Å². The first-order chi connectivity index (χ1) is 30.6. The van der Waals surface area contributed by atoms with Gasteiger partial charge in [0.2, 0.25) is 23.6 Å². The Morgan fingerprint density at radius 2 is 1.44 bits per heavy atom. The molecule has 0 aromatic heterocycles. The number of nitrogens with one attached hydrogen (secondary N) is 3. The van der Waals surface area contributed by atoms with Crippen LogP contribution in [0.15, 0.2) is 127 Å². The van der Waals surface area contributed by atoms with E-state index >= 15 is 0 Å². The predicted molar refractivity (Wildman–Crippen MR) is 253 cm³/mol. The number of ether oxygens (including phenoxy) is 1. The number of fused-ring (bicyclic) bond motifs is 1. The summed E-state index contributed by atoms with van der Waals surface area (Å²) in [5.74, 6) is -1.22. The molecule has 0 unspecified atom stereocenters. The summed E-state index contributed by atoms with van der Waals surface area (Å²) in [4.78, 5) is 71.6. The molecule has 5 atom stereocenters. The second-order valence-electron chi connectivity index (χ2n) is 18.2. The zero-order valence-corrected chi connectivity index (χ0v) is 39.1. The summed E-state index contributed by atoms with van der Waals surface area (Å²) in [6.07, 6.45) is 5.26. The minimum Gasteiger partial charge on any atom is -0.489 e. The molecule has 0 bridgehead atoms. The maximum atomic E-state index is 14.3. The van der Waals surface area contributed by atoms with Crippen LogP contribution in [0.2, 0.25) is 5.04 Å². The van der Waals surface area contributed by atoms with Crippen molar-refractivity contribution in [3.05, 3.63) is 139 Å².